The van der Waals surface area contributed by atoms with Gasteiger partial charge < -0.3 is 5.73 Å². The first-order valence-corrected chi connectivity index (χ1v) is 5.18. The molecule has 2 heterocycles. The standard InChI is InChI=1S/C6H4BrNS2/c7-4-2-9-6-3(4)1-5(8)10-6/h1-2H,8H2. The second kappa shape index (κ2) is 2.22. The van der Waals surface area contributed by atoms with Crippen LogP contribution in [0.5, 0.6) is 0 Å². The predicted molar refractivity (Wildman–Crippen MR) is 51.8 cm³/mol. The third-order valence-electron chi connectivity index (χ3n) is 1.24. The Morgan fingerprint density at radius 2 is 2.30 bits per heavy atom. The molecule has 0 amide bonds. The molecule has 52 valence electrons. The zero-order chi connectivity index (χ0) is 7.14. The SMILES string of the molecule is Nc1cc2c(Br)csc2s1. The summed E-state index contributed by atoms with van der Waals surface area (Å²) in [5, 5.41) is 4.22. The van der Waals surface area contributed by atoms with Gasteiger partial charge in [0.05, 0.1) is 9.01 Å². The average molecular weight is 234 g/mol. The van der Waals surface area contributed by atoms with Crippen molar-refractivity contribution in [3.63, 3.8) is 0 Å². The normalized spacial score (nSPS) is 10.9. The second-order valence-electron chi connectivity index (χ2n) is 1.93. The van der Waals surface area contributed by atoms with Gasteiger partial charge >= 0.3 is 0 Å². The van der Waals surface area contributed by atoms with E-state index in [1.165, 1.54) is 9.40 Å². The molecule has 0 spiro atoms. The molecule has 0 fully saturated rings. The van der Waals surface area contributed by atoms with Crippen LogP contribution in [0, 0.1) is 0 Å². The highest BCUT2D eigenvalue weighted by atomic mass is 79.9. The number of hydrogen-bond acceptors (Lipinski definition) is 3. The Balaban J connectivity index is 2.90. The smallest absolute Gasteiger partial charge is 0.0898 e. The van der Waals surface area contributed by atoms with Gasteiger partial charge in [-0.1, -0.05) is 0 Å². The zero-order valence-corrected chi connectivity index (χ0v) is 8.15. The molecule has 0 aliphatic rings. The zero-order valence-electron chi connectivity index (χ0n) is 4.93. The highest BCUT2D eigenvalue weighted by Gasteiger charge is 2.03. The van der Waals surface area contributed by atoms with Crippen molar-refractivity contribution in [1.29, 1.82) is 0 Å². The lowest BCUT2D eigenvalue weighted by molar-refractivity contribution is 1.95. The average Bonchev–Trinajstić information content (AvgIpc) is 2.35. The Bertz CT molecular complexity index is 363. The first kappa shape index (κ1) is 6.64. The fourth-order valence-corrected chi connectivity index (χ4v) is 3.60. The van der Waals surface area contributed by atoms with Gasteiger partial charge in [0.1, 0.15) is 0 Å². The summed E-state index contributed by atoms with van der Waals surface area (Å²) in [5.41, 5.74) is 5.61. The first-order valence-electron chi connectivity index (χ1n) is 2.69. The van der Waals surface area contributed by atoms with Crippen LogP contribution >= 0.6 is 38.6 Å². The molecule has 0 unspecified atom stereocenters. The van der Waals surface area contributed by atoms with Gasteiger partial charge in [-0.2, -0.15) is 0 Å². The Labute approximate surface area is 74.6 Å². The van der Waals surface area contributed by atoms with E-state index in [2.05, 4.69) is 21.3 Å². The van der Waals surface area contributed by atoms with Gasteiger partial charge in [0.2, 0.25) is 0 Å². The van der Waals surface area contributed by atoms with Crippen molar-refractivity contribution in [2.75, 3.05) is 5.73 Å². The quantitative estimate of drug-likeness (QED) is 0.743. The van der Waals surface area contributed by atoms with Gasteiger partial charge in [-0.15, -0.1) is 22.7 Å². The van der Waals surface area contributed by atoms with Crippen LogP contribution in [0.1, 0.15) is 0 Å². The van der Waals surface area contributed by atoms with E-state index in [1.54, 1.807) is 22.7 Å². The van der Waals surface area contributed by atoms with E-state index < -0.39 is 0 Å². The van der Waals surface area contributed by atoms with Crippen molar-refractivity contribution in [1.82, 2.24) is 0 Å². The van der Waals surface area contributed by atoms with E-state index in [9.17, 15) is 0 Å². The van der Waals surface area contributed by atoms with Gasteiger partial charge in [0.25, 0.3) is 0 Å². The summed E-state index contributed by atoms with van der Waals surface area (Å²) in [7, 11) is 0. The third-order valence-corrected chi connectivity index (χ3v) is 4.29. The molecule has 2 aromatic heterocycles. The number of nitrogen functional groups attached to an aromatic ring is 1. The molecule has 4 heteroatoms. The molecule has 0 bridgehead atoms. The number of nitrogens with two attached hydrogens (primary N) is 1. The van der Waals surface area contributed by atoms with E-state index in [0.717, 1.165) is 9.47 Å². The van der Waals surface area contributed by atoms with Crippen LogP contribution in [0.15, 0.2) is 15.9 Å². The molecule has 2 aromatic rings. The first-order chi connectivity index (χ1) is 4.77. The predicted octanol–water partition coefficient (Wildman–Crippen LogP) is 3.31. The highest BCUT2D eigenvalue weighted by molar-refractivity contribution is 9.10. The maximum Gasteiger partial charge on any atom is 0.0898 e. The molecule has 10 heavy (non-hydrogen) atoms. The third kappa shape index (κ3) is 0.872. The fraction of sp³-hybridized carbons (Fsp3) is 0. The largest absolute Gasteiger partial charge is 0.391 e. The maximum atomic E-state index is 5.61. The monoisotopic (exact) mass is 233 g/mol. The van der Waals surface area contributed by atoms with Crippen LogP contribution in [0.25, 0.3) is 9.40 Å². The van der Waals surface area contributed by atoms with Crippen molar-refractivity contribution in [3.8, 4) is 0 Å². The van der Waals surface area contributed by atoms with Crippen LogP contribution in [-0.4, -0.2) is 0 Å². The van der Waals surface area contributed by atoms with Crippen molar-refractivity contribution in [2.45, 2.75) is 0 Å². The van der Waals surface area contributed by atoms with Crippen LogP contribution in [0.2, 0.25) is 0 Å². The summed E-state index contributed by atoms with van der Waals surface area (Å²) in [6.45, 7) is 0. The Morgan fingerprint density at radius 3 is 3.00 bits per heavy atom. The van der Waals surface area contributed by atoms with Crippen molar-refractivity contribution in [2.24, 2.45) is 0 Å². The summed E-state index contributed by atoms with van der Waals surface area (Å²) < 4.78 is 2.45. The van der Waals surface area contributed by atoms with E-state index in [4.69, 9.17) is 5.73 Å². The molecule has 2 rings (SSSR count). The van der Waals surface area contributed by atoms with Crippen LogP contribution in [0.3, 0.4) is 0 Å². The van der Waals surface area contributed by atoms with E-state index in [0.29, 0.717) is 0 Å². The lowest BCUT2D eigenvalue weighted by atomic mass is 10.4. The minimum atomic E-state index is 0.891. The number of rotatable bonds is 0. The minimum Gasteiger partial charge on any atom is -0.391 e. The molecule has 0 saturated heterocycles. The molecule has 0 radical (unpaired) electrons. The molecule has 0 saturated carbocycles. The Kier molecular flexibility index (Phi) is 1.47. The number of halogens is 1. The van der Waals surface area contributed by atoms with Crippen LogP contribution in [0.4, 0.5) is 5.00 Å². The summed E-state index contributed by atoms with van der Waals surface area (Å²) in [4.78, 5) is 0. The summed E-state index contributed by atoms with van der Waals surface area (Å²) in [6.07, 6.45) is 0. The van der Waals surface area contributed by atoms with Crippen molar-refractivity contribution >= 4 is 53.0 Å². The maximum absolute atomic E-state index is 5.61. The molecule has 1 nitrogen and oxygen atoms in total. The Morgan fingerprint density at radius 1 is 1.50 bits per heavy atom. The summed E-state index contributed by atoms with van der Waals surface area (Å²) >= 11 is 6.81. The minimum absolute atomic E-state index is 0.891. The van der Waals surface area contributed by atoms with Crippen molar-refractivity contribution in [3.05, 3.63) is 15.9 Å². The molecule has 2 N–H and O–H groups in total. The second-order valence-corrected chi connectivity index (χ2v) is 5.01. The van der Waals surface area contributed by atoms with Crippen molar-refractivity contribution < 1.29 is 0 Å². The van der Waals surface area contributed by atoms with Gasteiger partial charge in [-0.3, -0.25) is 0 Å². The topological polar surface area (TPSA) is 26.0 Å². The van der Waals surface area contributed by atoms with Gasteiger partial charge in [0.15, 0.2) is 0 Å². The lowest BCUT2D eigenvalue weighted by Gasteiger charge is -1.76. The molecular weight excluding hydrogens is 230 g/mol. The van der Waals surface area contributed by atoms with E-state index in [1.807, 2.05) is 6.07 Å². The fourth-order valence-electron chi connectivity index (χ4n) is 0.815. The number of hydrogen-bond donors (Lipinski definition) is 1. The van der Waals surface area contributed by atoms with Gasteiger partial charge in [-0.25, -0.2) is 0 Å². The molecule has 0 atom stereocenters. The van der Waals surface area contributed by atoms with Crippen LogP contribution in [-0.2, 0) is 0 Å². The van der Waals surface area contributed by atoms with Crippen LogP contribution < -0.4 is 5.73 Å². The Hall–Kier alpha value is -0.0600. The summed E-state index contributed by atoms with van der Waals surface area (Å²) in [5.74, 6) is 0. The molecule has 0 aliphatic carbocycles. The van der Waals surface area contributed by atoms with Gasteiger partial charge in [0, 0.05) is 15.2 Å². The van der Waals surface area contributed by atoms with E-state index >= 15 is 0 Å². The highest BCUT2D eigenvalue weighted by Crippen LogP contribution is 2.37. The number of thiophene rings is 2. The summed E-state index contributed by atoms with van der Waals surface area (Å²) in [6, 6.07) is 2.00. The number of anilines is 1. The molecular formula is C6H4BrNS2. The van der Waals surface area contributed by atoms with Gasteiger partial charge in [-0.05, 0) is 22.0 Å². The molecule has 0 aliphatic heterocycles. The lowest BCUT2D eigenvalue weighted by Crippen LogP contribution is -1.73. The van der Waals surface area contributed by atoms with E-state index in [-0.39, 0.29) is 0 Å². The number of fused-ring (bicyclic) bond motifs is 1. The molecule has 0 aromatic carbocycles.